The molecule has 28 heavy (non-hydrogen) atoms. The summed E-state index contributed by atoms with van der Waals surface area (Å²) in [4.78, 5) is -1.51. The van der Waals surface area contributed by atoms with Gasteiger partial charge in [-0.15, -0.1) is 0 Å². The van der Waals surface area contributed by atoms with Gasteiger partial charge in [-0.1, -0.05) is 90.0 Å². The second-order valence-electron chi connectivity index (χ2n) is 6.47. The van der Waals surface area contributed by atoms with Crippen molar-refractivity contribution in [3.05, 3.63) is 102 Å². The summed E-state index contributed by atoms with van der Waals surface area (Å²) in [7, 11) is -3.91. The lowest BCUT2D eigenvalue weighted by Gasteiger charge is -2.31. The molecule has 3 rings (SSSR count). The van der Waals surface area contributed by atoms with Crippen molar-refractivity contribution in [3.63, 3.8) is 0 Å². The highest BCUT2D eigenvalue weighted by Crippen LogP contribution is 2.41. The molecule has 0 saturated carbocycles. The summed E-state index contributed by atoms with van der Waals surface area (Å²) in [6.07, 6.45) is 0. The van der Waals surface area contributed by atoms with E-state index in [9.17, 15) is 13.7 Å². The van der Waals surface area contributed by atoms with E-state index in [1.807, 2.05) is 19.1 Å². The highest BCUT2D eigenvalue weighted by molar-refractivity contribution is 7.89. The Morgan fingerprint density at radius 2 is 1.46 bits per heavy atom. The maximum Gasteiger partial charge on any atom is 0.241 e. The first-order valence-corrected chi connectivity index (χ1v) is 10.5. The van der Waals surface area contributed by atoms with Crippen LogP contribution >= 0.6 is 11.6 Å². The lowest BCUT2D eigenvalue weighted by atomic mass is 9.88. The van der Waals surface area contributed by atoms with Gasteiger partial charge in [0, 0.05) is 0 Å². The molecule has 0 aliphatic heterocycles. The van der Waals surface area contributed by atoms with Gasteiger partial charge in [-0.3, -0.25) is 0 Å². The largest absolute Gasteiger partial charge is 0.241 e. The summed E-state index contributed by atoms with van der Waals surface area (Å²) < 4.78 is 28.7. The number of halogens is 1. The second kappa shape index (κ2) is 8.15. The fourth-order valence-electron chi connectivity index (χ4n) is 2.94. The normalized spacial score (nSPS) is 14.6. The van der Waals surface area contributed by atoms with Gasteiger partial charge in [0.15, 0.2) is 4.87 Å². The molecule has 0 aliphatic carbocycles. The second-order valence-corrected chi connectivity index (χ2v) is 8.78. The van der Waals surface area contributed by atoms with E-state index in [0.717, 1.165) is 5.56 Å². The van der Waals surface area contributed by atoms with Crippen LogP contribution in [0.5, 0.6) is 0 Å². The van der Waals surface area contributed by atoms with Crippen molar-refractivity contribution in [2.45, 2.75) is 22.7 Å². The van der Waals surface area contributed by atoms with Crippen LogP contribution in [0.25, 0.3) is 0 Å². The Balaban J connectivity index is 2.11. The fourth-order valence-corrected chi connectivity index (χ4v) is 4.57. The molecule has 142 valence electrons. The molecule has 0 saturated heterocycles. The summed E-state index contributed by atoms with van der Waals surface area (Å²) in [5.41, 5.74) is 2.06. The number of hydrogen-bond donors (Lipinski definition) is 1. The summed E-state index contributed by atoms with van der Waals surface area (Å²) >= 11 is 6.78. The Labute approximate surface area is 170 Å². The van der Waals surface area contributed by atoms with Crippen molar-refractivity contribution in [3.8, 4) is 6.07 Å². The number of benzene rings is 3. The molecule has 0 bridgehead atoms. The lowest BCUT2D eigenvalue weighted by Crippen LogP contribution is -2.40. The molecule has 0 amide bonds. The quantitative estimate of drug-likeness (QED) is 0.600. The maximum absolute atomic E-state index is 13.0. The molecule has 0 heterocycles. The van der Waals surface area contributed by atoms with Crippen molar-refractivity contribution in [2.75, 3.05) is 0 Å². The van der Waals surface area contributed by atoms with Gasteiger partial charge in [-0.2, -0.15) is 5.26 Å². The first-order chi connectivity index (χ1) is 13.4. The van der Waals surface area contributed by atoms with Crippen molar-refractivity contribution >= 4 is 21.6 Å². The number of nitrogens with one attached hydrogen (secondary N) is 1. The van der Waals surface area contributed by atoms with Crippen LogP contribution in [0.3, 0.4) is 0 Å². The topological polar surface area (TPSA) is 70.0 Å². The fraction of sp³-hybridized carbons (Fsp3) is 0.136. The first kappa shape index (κ1) is 20.1. The van der Waals surface area contributed by atoms with E-state index in [0.29, 0.717) is 11.1 Å². The zero-order valence-corrected chi connectivity index (χ0v) is 16.8. The Morgan fingerprint density at radius 1 is 0.929 bits per heavy atom. The van der Waals surface area contributed by atoms with Crippen molar-refractivity contribution in [1.82, 2.24) is 4.72 Å². The van der Waals surface area contributed by atoms with Crippen molar-refractivity contribution in [1.29, 1.82) is 5.26 Å². The van der Waals surface area contributed by atoms with Crippen molar-refractivity contribution < 1.29 is 8.42 Å². The first-order valence-electron chi connectivity index (χ1n) is 8.66. The number of sulfonamides is 1. The molecule has 1 N–H and O–H groups in total. The molecular weight excluding hydrogens is 392 g/mol. The SMILES string of the molecule is Cc1ccc(S(=O)(=O)N[C@H](c2ccccc2)[C@@](Cl)(C#N)c2ccccc2)cc1. The molecule has 0 fully saturated rings. The summed E-state index contributed by atoms with van der Waals surface area (Å²) in [6.45, 7) is 1.88. The number of alkyl halides is 1. The highest BCUT2D eigenvalue weighted by atomic mass is 35.5. The minimum Gasteiger partial charge on any atom is -0.207 e. The monoisotopic (exact) mass is 410 g/mol. The summed E-state index contributed by atoms with van der Waals surface area (Å²) in [5, 5.41) is 9.96. The van der Waals surface area contributed by atoms with E-state index in [2.05, 4.69) is 10.8 Å². The smallest absolute Gasteiger partial charge is 0.207 e. The predicted molar refractivity (Wildman–Crippen MR) is 110 cm³/mol. The Hall–Kier alpha value is -2.65. The van der Waals surface area contributed by atoms with Crippen LogP contribution in [-0.4, -0.2) is 8.42 Å². The van der Waals surface area contributed by atoms with Crippen LogP contribution in [0.1, 0.15) is 22.7 Å². The van der Waals surface area contributed by atoms with Crippen LogP contribution in [0.2, 0.25) is 0 Å². The molecule has 0 aromatic heterocycles. The standard InChI is InChI=1S/C22H19ClN2O2S/c1-17-12-14-20(15-13-17)28(26,27)25-21(18-8-4-2-5-9-18)22(23,16-24)19-10-6-3-7-11-19/h2-15,21,25H,1H3/t21-,22-/m1/s1. The van der Waals surface area contributed by atoms with Gasteiger partial charge in [0.1, 0.15) is 0 Å². The average Bonchev–Trinajstić information content (AvgIpc) is 2.73. The van der Waals surface area contributed by atoms with E-state index >= 15 is 0 Å². The number of nitriles is 1. The number of rotatable bonds is 6. The molecule has 0 aliphatic rings. The van der Waals surface area contributed by atoms with Crippen LogP contribution in [0.15, 0.2) is 89.8 Å². The van der Waals surface area contributed by atoms with E-state index in [-0.39, 0.29) is 4.90 Å². The minimum absolute atomic E-state index is 0.115. The van der Waals surface area contributed by atoms with Gasteiger partial charge in [-0.25, -0.2) is 13.1 Å². The third-order valence-corrected chi connectivity index (χ3v) is 6.45. The molecule has 0 unspecified atom stereocenters. The van der Waals surface area contributed by atoms with Crippen LogP contribution in [0.4, 0.5) is 0 Å². The van der Waals surface area contributed by atoms with E-state index in [1.54, 1.807) is 60.7 Å². The van der Waals surface area contributed by atoms with Gasteiger partial charge in [0.2, 0.25) is 10.0 Å². The predicted octanol–water partition coefficient (Wildman–Crippen LogP) is 4.67. The molecule has 4 nitrogen and oxygen atoms in total. The maximum atomic E-state index is 13.0. The Kier molecular flexibility index (Phi) is 5.85. The summed E-state index contributed by atoms with van der Waals surface area (Å²) in [5.74, 6) is 0. The third kappa shape index (κ3) is 4.10. The molecule has 2 atom stereocenters. The molecular formula is C22H19ClN2O2S. The van der Waals surface area contributed by atoms with Crippen LogP contribution in [-0.2, 0) is 14.9 Å². The summed E-state index contributed by atoms with van der Waals surface area (Å²) in [6, 6.07) is 25.3. The Morgan fingerprint density at radius 3 is 2.00 bits per heavy atom. The van der Waals surface area contributed by atoms with Crippen LogP contribution < -0.4 is 4.72 Å². The molecule has 0 radical (unpaired) electrons. The number of hydrogen-bond acceptors (Lipinski definition) is 3. The van der Waals surface area contributed by atoms with E-state index in [4.69, 9.17) is 11.6 Å². The highest BCUT2D eigenvalue weighted by Gasteiger charge is 2.42. The van der Waals surface area contributed by atoms with Gasteiger partial charge >= 0.3 is 0 Å². The molecule has 3 aromatic rings. The van der Waals surface area contributed by atoms with E-state index < -0.39 is 20.9 Å². The number of aryl methyl sites for hydroxylation is 1. The van der Waals surface area contributed by atoms with Gasteiger partial charge in [0.25, 0.3) is 0 Å². The Bertz CT molecular complexity index is 1080. The molecule has 0 spiro atoms. The number of nitrogens with zero attached hydrogens (tertiary/aromatic N) is 1. The molecule has 3 aromatic carbocycles. The van der Waals surface area contributed by atoms with Crippen molar-refractivity contribution in [2.24, 2.45) is 0 Å². The minimum atomic E-state index is -3.91. The van der Waals surface area contributed by atoms with Gasteiger partial charge in [-0.05, 0) is 30.2 Å². The van der Waals surface area contributed by atoms with Gasteiger partial charge < -0.3 is 0 Å². The zero-order valence-electron chi connectivity index (χ0n) is 15.2. The average molecular weight is 411 g/mol. The third-order valence-electron chi connectivity index (χ3n) is 4.49. The lowest BCUT2D eigenvalue weighted by molar-refractivity contribution is 0.514. The molecule has 6 heteroatoms. The van der Waals surface area contributed by atoms with Gasteiger partial charge in [0.05, 0.1) is 17.0 Å². The van der Waals surface area contributed by atoms with Crippen LogP contribution in [0, 0.1) is 18.3 Å². The zero-order chi connectivity index (χ0) is 20.2. The van der Waals surface area contributed by atoms with E-state index in [1.165, 1.54) is 12.1 Å².